The third kappa shape index (κ3) is 4.92. The van der Waals surface area contributed by atoms with Crippen molar-refractivity contribution in [3.63, 3.8) is 0 Å². The first-order chi connectivity index (χ1) is 16.8. The molecule has 4 aromatic rings. The quantitative estimate of drug-likeness (QED) is 0.380. The number of methoxy groups -OCH3 is 1. The van der Waals surface area contributed by atoms with Crippen molar-refractivity contribution in [3.05, 3.63) is 42.5 Å². The molecular formula is C23H24F3N7O2. The van der Waals surface area contributed by atoms with Crippen molar-refractivity contribution in [2.45, 2.75) is 44.0 Å². The lowest BCUT2D eigenvalue weighted by Crippen LogP contribution is -2.38. The number of anilines is 1. The second-order valence-electron chi connectivity index (χ2n) is 8.61. The molecule has 0 aromatic carbocycles. The van der Waals surface area contributed by atoms with Crippen molar-refractivity contribution in [2.75, 3.05) is 19.0 Å². The summed E-state index contributed by atoms with van der Waals surface area (Å²) in [5.74, 6) is -0.298. The van der Waals surface area contributed by atoms with Crippen molar-refractivity contribution >= 4 is 28.4 Å². The maximum Gasteiger partial charge on any atom is 0.405 e. The van der Waals surface area contributed by atoms with Crippen LogP contribution in [0.4, 0.5) is 19.1 Å². The van der Waals surface area contributed by atoms with Gasteiger partial charge in [-0.05, 0) is 43.4 Å². The zero-order valence-corrected chi connectivity index (χ0v) is 18.9. The van der Waals surface area contributed by atoms with Crippen LogP contribution in [-0.2, 0) is 4.74 Å². The van der Waals surface area contributed by atoms with Gasteiger partial charge in [0.05, 0.1) is 23.4 Å². The van der Waals surface area contributed by atoms with Crippen molar-refractivity contribution < 1.29 is 22.7 Å². The Morgan fingerprint density at radius 3 is 2.80 bits per heavy atom. The number of alkyl halides is 3. The van der Waals surface area contributed by atoms with Gasteiger partial charge in [-0.25, -0.2) is 9.50 Å². The normalized spacial score (nSPS) is 18.7. The number of amides is 1. The van der Waals surface area contributed by atoms with Crippen LogP contribution in [0.3, 0.4) is 0 Å². The van der Waals surface area contributed by atoms with Gasteiger partial charge in [0.25, 0.3) is 5.91 Å². The highest BCUT2D eigenvalue weighted by Gasteiger charge is 2.27. The van der Waals surface area contributed by atoms with Crippen LogP contribution in [0, 0.1) is 0 Å². The van der Waals surface area contributed by atoms with E-state index >= 15 is 0 Å². The number of carbonyl (C=O) groups is 1. The third-order valence-corrected chi connectivity index (χ3v) is 6.30. The molecule has 1 saturated carbocycles. The summed E-state index contributed by atoms with van der Waals surface area (Å²) in [7, 11) is 1.71. The van der Waals surface area contributed by atoms with E-state index in [1.54, 1.807) is 30.2 Å². The van der Waals surface area contributed by atoms with Crippen molar-refractivity contribution in [3.8, 4) is 11.1 Å². The number of carbonyl (C=O) groups excluding carboxylic acids is 1. The van der Waals surface area contributed by atoms with E-state index in [0.717, 1.165) is 36.8 Å². The fraction of sp³-hybridized carbons (Fsp3) is 0.391. The molecule has 3 N–H and O–H groups in total. The number of hydrogen-bond donors (Lipinski definition) is 3. The highest BCUT2D eigenvalue weighted by Crippen LogP contribution is 2.30. The van der Waals surface area contributed by atoms with E-state index in [1.807, 2.05) is 12.1 Å². The number of halogens is 3. The zero-order valence-electron chi connectivity index (χ0n) is 18.9. The molecule has 4 aromatic heterocycles. The Kier molecular flexibility index (Phi) is 6.05. The van der Waals surface area contributed by atoms with Crippen molar-refractivity contribution in [1.29, 1.82) is 0 Å². The molecule has 184 valence electrons. The molecule has 0 saturated heterocycles. The van der Waals surface area contributed by atoms with Crippen molar-refractivity contribution in [2.24, 2.45) is 0 Å². The molecule has 4 heterocycles. The van der Waals surface area contributed by atoms with Gasteiger partial charge >= 0.3 is 6.18 Å². The van der Waals surface area contributed by atoms with E-state index in [0.29, 0.717) is 22.1 Å². The molecule has 0 unspecified atom stereocenters. The molecule has 1 aliphatic rings. The van der Waals surface area contributed by atoms with Crippen LogP contribution in [0.15, 0.2) is 36.9 Å². The smallest absolute Gasteiger partial charge is 0.381 e. The predicted molar refractivity (Wildman–Crippen MR) is 123 cm³/mol. The maximum absolute atomic E-state index is 13.0. The predicted octanol–water partition coefficient (Wildman–Crippen LogP) is 3.93. The number of aromatic amines is 1. The first-order valence-corrected chi connectivity index (χ1v) is 11.3. The Balaban J connectivity index is 1.38. The average Bonchev–Trinajstić information content (AvgIpc) is 3.46. The van der Waals surface area contributed by atoms with E-state index in [-0.39, 0.29) is 24.0 Å². The minimum Gasteiger partial charge on any atom is -0.381 e. The summed E-state index contributed by atoms with van der Waals surface area (Å²) >= 11 is 0. The number of aromatic nitrogens is 5. The average molecular weight is 487 g/mol. The van der Waals surface area contributed by atoms with Crippen LogP contribution in [0.2, 0.25) is 0 Å². The molecule has 0 atom stereocenters. The summed E-state index contributed by atoms with van der Waals surface area (Å²) < 4.78 is 44.4. The first kappa shape index (κ1) is 23.1. The van der Waals surface area contributed by atoms with Gasteiger partial charge in [-0.2, -0.15) is 23.3 Å². The molecule has 12 heteroatoms. The Morgan fingerprint density at radius 1 is 1.26 bits per heavy atom. The summed E-state index contributed by atoms with van der Waals surface area (Å²) in [6, 6.07) is 3.78. The van der Waals surface area contributed by atoms with Gasteiger partial charge in [-0.1, -0.05) is 0 Å². The monoisotopic (exact) mass is 487 g/mol. The van der Waals surface area contributed by atoms with E-state index in [9.17, 15) is 18.0 Å². The molecule has 9 nitrogen and oxygen atoms in total. The molecule has 1 aliphatic carbocycles. The van der Waals surface area contributed by atoms with Crippen molar-refractivity contribution in [1.82, 2.24) is 29.9 Å². The van der Waals surface area contributed by atoms with Crippen LogP contribution in [-0.4, -0.2) is 62.4 Å². The summed E-state index contributed by atoms with van der Waals surface area (Å²) in [5, 5.41) is 10.2. The molecule has 35 heavy (non-hydrogen) atoms. The summed E-state index contributed by atoms with van der Waals surface area (Å²) in [6.07, 6.45) is 5.92. The standard InChI is InChI=1S/C23H24F3N7O2/c1-35-15-4-2-14(3-5-15)31-21(34)18-11-30-33-7-6-13(8-19(18)33)16-9-27-20-17(16)10-28-22(32-20)29-12-23(24,25)26/h6-11,14-15H,2-5,12H2,1H3,(H,31,34)(H2,27,28,29,32). The molecule has 1 fully saturated rings. The molecule has 5 rings (SSSR count). The lowest BCUT2D eigenvalue weighted by atomic mass is 9.93. The SMILES string of the molecule is COC1CCC(NC(=O)c2cnn3ccc(-c4c[nH]c5nc(NCC(F)(F)F)ncc45)cc23)CC1. The fourth-order valence-corrected chi connectivity index (χ4v) is 4.44. The number of H-pyrrole nitrogens is 1. The van der Waals surface area contributed by atoms with Crippen LogP contribution >= 0.6 is 0 Å². The molecule has 1 amide bonds. The van der Waals surface area contributed by atoms with E-state index < -0.39 is 12.7 Å². The van der Waals surface area contributed by atoms with Gasteiger partial charge in [0.1, 0.15) is 12.2 Å². The number of nitrogens with zero attached hydrogens (tertiary/aromatic N) is 4. The number of pyridine rings is 1. The second-order valence-corrected chi connectivity index (χ2v) is 8.61. The molecule has 0 bridgehead atoms. The van der Waals surface area contributed by atoms with Crippen LogP contribution in [0.25, 0.3) is 27.7 Å². The lowest BCUT2D eigenvalue weighted by Gasteiger charge is -2.28. The van der Waals surface area contributed by atoms with Crippen LogP contribution in [0.5, 0.6) is 0 Å². The molecular weight excluding hydrogens is 463 g/mol. The second kappa shape index (κ2) is 9.17. The van der Waals surface area contributed by atoms with Gasteiger partial charge in [0, 0.05) is 42.7 Å². The number of rotatable bonds is 6. The Bertz CT molecular complexity index is 1360. The molecule has 0 radical (unpaired) electrons. The highest BCUT2D eigenvalue weighted by atomic mass is 19.4. The van der Waals surface area contributed by atoms with E-state index in [1.165, 1.54) is 6.20 Å². The molecule has 0 aliphatic heterocycles. The van der Waals surface area contributed by atoms with Gasteiger partial charge in [-0.15, -0.1) is 0 Å². The summed E-state index contributed by atoms with van der Waals surface area (Å²) in [6.45, 7) is -1.22. The van der Waals surface area contributed by atoms with Gasteiger partial charge < -0.3 is 20.4 Å². The zero-order chi connectivity index (χ0) is 24.6. The number of hydrogen-bond acceptors (Lipinski definition) is 6. The van der Waals surface area contributed by atoms with Gasteiger partial charge in [0.2, 0.25) is 5.95 Å². The number of ether oxygens (including phenoxy) is 1. The first-order valence-electron chi connectivity index (χ1n) is 11.3. The lowest BCUT2D eigenvalue weighted by molar-refractivity contribution is -0.115. The largest absolute Gasteiger partial charge is 0.405 e. The summed E-state index contributed by atoms with van der Waals surface area (Å²) in [4.78, 5) is 24.1. The third-order valence-electron chi connectivity index (χ3n) is 6.30. The van der Waals surface area contributed by atoms with Crippen LogP contribution < -0.4 is 10.6 Å². The molecule has 0 spiro atoms. The maximum atomic E-state index is 13.0. The fourth-order valence-electron chi connectivity index (χ4n) is 4.44. The topological polar surface area (TPSA) is 109 Å². The minimum absolute atomic E-state index is 0.0953. The summed E-state index contributed by atoms with van der Waals surface area (Å²) in [5.41, 5.74) is 3.06. The Hall–Kier alpha value is -3.67. The van der Waals surface area contributed by atoms with E-state index in [4.69, 9.17) is 4.74 Å². The highest BCUT2D eigenvalue weighted by molar-refractivity contribution is 6.02. The van der Waals surface area contributed by atoms with E-state index in [2.05, 4.69) is 30.7 Å². The van der Waals surface area contributed by atoms with Gasteiger partial charge in [0.15, 0.2) is 0 Å². The number of nitrogens with one attached hydrogen (secondary N) is 3. The van der Waals surface area contributed by atoms with Crippen LogP contribution in [0.1, 0.15) is 36.0 Å². The Morgan fingerprint density at radius 2 is 2.06 bits per heavy atom. The Labute approximate surface area is 198 Å². The number of fused-ring (bicyclic) bond motifs is 2. The van der Waals surface area contributed by atoms with Gasteiger partial charge in [-0.3, -0.25) is 4.79 Å². The minimum atomic E-state index is -4.37.